The number of nitrogens with zero attached hydrogens (tertiary/aromatic N) is 1. The average molecular weight is 327 g/mol. The number of carbonyl (C=O) groups is 1. The summed E-state index contributed by atoms with van der Waals surface area (Å²) in [4.78, 5) is 12.2. The Bertz CT molecular complexity index is 779. The number of rotatable bonds is 5. The topological polar surface area (TPSA) is 62.1 Å². The third-order valence-corrected chi connectivity index (χ3v) is 3.16. The van der Waals surface area contributed by atoms with Crippen LogP contribution in [0, 0.1) is 11.3 Å². The Morgan fingerprint density at radius 1 is 1.30 bits per heavy atom. The van der Waals surface area contributed by atoms with Crippen molar-refractivity contribution in [3.05, 3.63) is 64.7 Å². The number of benzene rings is 2. The van der Waals surface area contributed by atoms with Crippen molar-refractivity contribution in [1.29, 1.82) is 5.26 Å². The molecule has 1 amide bonds. The van der Waals surface area contributed by atoms with Gasteiger partial charge in [-0.15, -0.1) is 0 Å². The lowest BCUT2D eigenvalue weighted by molar-refractivity contribution is -0.112. The van der Waals surface area contributed by atoms with Gasteiger partial charge in [-0.2, -0.15) is 5.26 Å². The summed E-state index contributed by atoms with van der Waals surface area (Å²) in [5.74, 6) is 0.199. The quantitative estimate of drug-likeness (QED) is 0.658. The van der Waals surface area contributed by atoms with E-state index in [-0.39, 0.29) is 5.57 Å². The molecule has 0 bridgehead atoms. The maximum Gasteiger partial charge on any atom is 0.266 e. The molecule has 0 aliphatic rings. The minimum Gasteiger partial charge on any atom is -0.494 e. The van der Waals surface area contributed by atoms with Gasteiger partial charge in [0.25, 0.3) is 5.91 Å². The van der Waals surface area contributed by atoms with Crippen LogP contribution in [0.5, 0.6) is 5.75 Å². The maximum absolute atomic E-state index is 12.2. The van der Waals surface area contributed by atoms with Gasteiger partial charge in [-0.05, 0) is 48.9 Å². The van der Waals surface area contributed by atoms with Gasteiger partial charge < -0.3 is 10.1 Å². The first-order valence-electron chi connectivity index (χ1n) is 7.04. The molecule has 2 aromatic rings. The highest BCUT2D eigenvalue weighted by Crippen LogP contribution is 2.18. The van der Waals surface area contributed by atoms with Crippen LogP contribution in [0.25, 0.3) is 6.08 Å². The second-order valence-corrected chi connectivity index (χ2v) is 5.08. The summed E-state index contributed by atoms with van der Waals surface area (Å²) in [6, 6.07) is 15.9. The highest BCUT2D eigenvalue weighted by Gasteiger charge is 2.10. The van der Waals surface area contributed by atoms with Gasteiger partial charge in [-0.25, -0.2) is 0 Å². The number of amides is 1. The Kier molecular flexibility index (Phi) is 5.79. The zero-order valence-electron chi connectivity index (χ0n) is 12.5. The first-order valence-corrected chi connectivity index (χ1v) is 7.41. The molecular formula is C18H15ClN2O2. The van der Waals surface area contributed by atoms with E-state index in [0.717, 1.165) is 0 Å². The van der Waals surface area contributed by atoms with Crippen molar-refractivity contribution < 1.29 is 9.53 Å². The van der Waals surface area contributed by atoms with Crippen LogP contribution < -0.4 is 10.1 Å². The van der Waals surface area contributed by atoms with Gasteiger partial charge in [-0.3, -0.25) is 4.79 Å². The first kappa shape index (κ1) is 16.6. The zero-order valence-corrected chi connectivity index (χ0v) is 13.3. The van der Waals surface area contributed by atoms with E-state index in [4.69, 9.17) is 16.3 Å². The highest BCUT2D eigenvalue weighted by atomic mass is 35.5. The Labute approximate surface area is 140 Å². The molecule has 0 aromatic heterocycles. The van der Waals surface area contributed by atoms with Gasteiger partial charge in [0.2, 0.25) is 0 Å². The second kappa shape index (κ2) is 8.02. The lowest BCUT2D eigenvalue weighted by atomic mass is 10.1. The van der Waals surface area contributed by atoms with Gasteiger partial charge in [0.05, 0.1) is 6.61 Å². The van der Waals surface area contributed by atoms with E-state index in [1.54, 1.807) is 42.5 Å². The molecule has 5 heteroatoms. The van der Waals surface area contributed by atoms with Crippen molar-refractivity contribution in [2.75, 3.05) is 11.9 Å². The van der Waals surface area contributed by atoms with Crippen molar-refractivity contribution in [2.45, 2.75) is 6.92 Å². The van der Waals surface area contributed by atoms with E-state index in [1.165, 1.54) is 6.08 Å². The number of halogens is 1. The molecule has 0 aliphatic heterocycles. The Balaban J connectivity index is 2.19. The molecular weight excluding hydrogens is 312 g/mol. The predicted molar refractivity (Wildman–Crippen MR) is 91.3 cm³/mol. The third-order valence-electron chi connectivity index (χ3n) is 2.93. The van der Waals surface area contributed by atoms with Crippen LogP contribution in [-0.4, -0.2) is 12.5 Å². The van der Waals surface area contributed by atoms with Crippen LogP contribution >= 0.6 is 11.6 Å². The van der Waals surface area contributed by atoms with Gasteiger partial charge in [-0.1, -0.05) is 29.8 Å². The number of ether oxygens (including phenoxy) is 1. The van der Waals surface area contributed by atoms with E-state index in [1.807, 2.05) is 19.1 Å². The molecule has 2 aromatic carbocycles. The molecule has 0 saturated heterocycles. The van der Waals surface area contributed by atoms with E-state index in [2.05, 4.69) is 5.32 Å². The van der Waals surface area contributed by atoms with Gasteiger partial charge in [0.1, 0.15) is 17.4 Å². The van der Waals surface area contributed by atoms with Crippen molar-refractivity contribution in [1.82, 2.24) is 0 Å². The summed E-state index contributed by atoms with van der Waals surface area (Å²) >= 11 is 5.87. The molecule has 23 heavy (non-hydrogen) atoms. The van der Waals surface area contributed by atoms with Crippen LogP contribution in [0.3, 0.4) is 0 Å². The lowest BCUT2D eigenvalue weighted by Gasteiger charge is -2.06. The smallest absolute Gasteiger partial charge is 0.266 e. The largest absolute Gasteiger partial charge is 0.494 e. The Morgan fingerprint density at radius 3 is 2.78 bits per heavy atom. The minimum absolute atomic E-state index is 0.00127. The molecule has 0 atom stereocenters. The van der Waals surface area contributed by atoms with Crippen LogP contribution in [0.4, 0.5) is 5.69 Å². The molecule has 0 radical (unpaired) electrons. The SMILES string of the molecule is CCOc1cccc(/C=C(\C#N)C(=O)Nc2cccc(Cl)c2)c1. The van der Waals surface area contributed by atoms with Crippen LogP contribution in [0.15, 0.2) is 54.1 Å². The molecule has 116 valence electrons. The summed E-state index contributed by atoms with van der Waals surface area (Å²) in [6.07, 6.45) is 1.52. The molecule has 0 heterocycles. The van der Waals surface area contributed by atoms with Crippen LogP contribution in [0.2, 0.25) is 5.02 Å². The number of nitriles is 1. The molecule has 4 nitrogen and oxygen atoms in total. The minimum atomic E-state index is -0.489. The predicted octanol–water partition coefficient (Wildman–Crippen LogP) is 4.28. The van der Waals surface area contributed by atoms with Crippen LogP contribution in [-0.2, 0) is 4.79 Å². The summed E-state index contributed by atoms with van der Waals surface area (Å²) in [7, 11) is 0. The van der Waals surface area contributed by atoms with Crippen molar-refractivity contribution >= 4 is 29.3 Å². The number of anilines is 1. The van der Waals surface area contributed by atoms with E-state index in [9.17, 15) is 10.1 Å². The number of nitrogens with one attached hydrogen (secondary N) is 1. The van der Waals surface area contributed by atoms with Gasteiger partial charge >= 0.3 is 0 Å². The van der Waals surface area contributed by atoms with Gasteiger partial charge in [0, 0.05) is 10.7 Å². The lowest BCUT2D eigenvalue weighted by Crippen LogP contribution is -2.13. The molecule has 1 N–H and O–H groups in total. The second-order valence-electron chi connectivity index (χ2n) is 4.64. The highest BCUT2D eigenvalue weighted by molar-refractivity contribution is 6.31. The van der Waals surface area contributed by atoms with Crippen molar-refractivity contribution in [2.24, 2.45) is 0 Å². The standard InChI is InChI=1S/C18H15ClN2O2/c1-2-23-17-8-3-5-13(10-17)9-14(12-20)18(22)21-16-7-4-6-15(19)11-16/h3-11H,2H2,1H3,(H,21,22)/b14-9+. The van der Waals surface area contributed by atoms with E-state index < -0.39 is 5.91 Å². The number of hydrogen-bond acceptors (Lipinski definition) is 3. The summed E-state index contributed by atoms with van der Waals surface area (Å²) in [5.41, 5.74) is 1.25. The summed E-state index contributed by atoms with van der Waals surface area (Å²) in [5, 5.41) is 12.4. The average Bonchev–Trinajstić information content (AvgIpc) is 2.53. The first-order chi connectivity index (χ1) is 11.1. The number of hydrogen-bond donors (Lipinski definition) is 1. The molecule has 0 aliphatic carbocycles. The zero-order chi connectivity index (χ0) is 16.7. The summed E-state index contributed by atoms with van der Waals surface area (Å²) < 4.78 is 5.40. The molecule has 0 fully saturated rings. The Hall–Kier alpha value is -2.77. The van der Waals surface area contributed by atoms with Gasteiger partial charge in [0.15, 0.2) is 0 Å². The monoisotopic (exact) mass is 326 g/mol. The third kappa shape index (κ3) is 4.87. The Morgan fingerprint density at radius 2 is 2.09 bits per heavy atom. The normalized spacial score (nSPS) is 10.7. The maximum atomic E-state index is 12.2. The summed E-state index contributed by atoms with van der Waals surface area (Å²) in [6.45, 7) is 2.44. The fraction of sp³-hybridized carbons (Fsp3) is 0.111. The van der Waals surface area contributed by atoms with Crippen LogP contribution in [0.1, 0.15) is 12.5 Å². The molecule has 0 spiro atoms. The fourth-order valence-corrected chi connectivity index (χ4v) is 2.13. The van der Waals surface area contributed by atoms with E-state index in [0.29, 0.717) is 28.6 Å². The van der Waals surface area contributed by atoms with Crippen molar-refractivity contribution in [3.8, 4) is 11.8 Å². The molecule has 0 saturated carbocycles. The van der Waals surface area contributed by atoms with Crippen molar-refractivity contribution in [3.63, 3.8) is 0 Å². The number of carbonyl (C=O) groups excluding carboxylic acids is 1. The fourth-order valence-electron chi connectivity index (χ4n) is 1.94. The molecule has 2 rings (SSSR count). The van der Waals surface area contributed by atoms with E-state index >= 15 is 0 Å². The molecule has 0 unspecified atom stereocenters.